The second-order valence-corrected chi connectivity index (χ2v) is 4.64. The third kappa shape index (κ3) is 3.01. The molecule has 6 heteroatoms. The molecule has 0 heterocycles. The molecule has 0 fully saturated rings. The topological polar surface area (TPSA) is 78.9 Å². The fourth-order valence-electron chi connectivity index (χ4n) is 1.64. The van der Waals surface area contributed by atoms with Gasteiger partial charge in [-0.15, -0.1) is 0 Å². The predicted molar refractivity (Wildman–Crippen MR) is 71.6 cm³/mol. The van der Waals surface area contributed by atoms with E-state index in [0.29, 0.717) is 12.2 Å². The van der Waals surface area contributed by atoms with Crippen LogP contribution in [-0.2, 0) is 4.79 Å². The van der Waals surface area contributed by atoms with E-state index in [-0.39, 0.29) is 17.6 Å². The Balaban J connectivity index is 3.10. The van der Waals surface area contributed by atoms with Gasteiger partial charge in [-0.25, -0.2) is 4.39 Å². The summed E-state index contributed by atoms with van der Waals surface area (Å²) in [6.07, 6.45) is 0. The second-order valence-electron chi connectivity index (χ2n) is 4.64. The van der Waals surface area contributed by atoms with Crippen LogP contribution in [0.15, 0.2) is 29.4 Å². The molecule has 0 aliphatic rings. The molecule has 1 aromatic carbocycles. The largest absolute Gasteiger partial charge is 0.409 e. The molecule has 19 heavy (non-hydrogen) atoms. The predicted octanol–water partition coefficient (Wildman–Crippen LogP) is 1.95. The molecule has 0 aliphatic heterocycles. The Morgan fingerprint density at radius 3 is 2.37 bits per heavy atom. The third-order valence-corrected chi connectivity index (χ3v) is 2.98. The van der Waals surface area contributed by atoms with E-state index in [0.717, 1.165) is 0 Å². The van der Waals surface area contributed by atoms with Gasteiger partial charge in [0.2, 0.25) is 5.91 Å². The molecule has 1 aromatic rings. The van der Waals surface area contributed by atoms with Crippen LogP contribution in [-0.4, -0.2) is 23.5 Å². The summed E-state index contributed by atoms with van der Waals surface area (Å²) >= 11 is 0. The van der Waals surface area contributed by atoms with E-state index in [1.54, 1.807) is 20.8 Å². The van der Waals surface area contributed by atoms with Crippen LogP contribution in [0.5, 0.6) is 0 Å². The van der Waals surface area contributed by atoms with Gasteiger partial charge in [0, 0.05) is 12.2 Å². The summed E-state index contributed by atoms with van der Waals surface area (Å²) < 4.78 is 12.9. The minimum absolute atomic E-state index is 0.168. The molecule has 1 rings (SSSR count). The van der Waals surface area contributed by atoms with Crippen molar-refractivity contribution >= 4 is 17.4 Å². The van der Waals surface area contributed by atoms with Crippen molar-refractivity contribution in [2.45, 2.75) is 20.8 Å². The van der Waals surface area contributed by atoms with Crippen molar-refractivity contribution in [3.8, 4) is 0 Å². The highest BCUT2D eigenvalue weighted by atomic mass is 19.1. The van der Waals surface area contributed by atoms with Crippen molar-refractivity contribution in [1.29, 1.82) is 0 Å². The molecule has 1 amide bonds. The number of amides is 1. The number of benzene rings is 1. The van der Waals surface area contributed by atoms with Gasteiger partial charge in [0.1, 0.15) is 11.2 Å². The quantitative estimate of drug-likeness (QED) is 0.379. The number of carbonyl (C=O) groups is 1. The number of oxime groups is 1. The molecule has 0 spiro atoms. The number of hydrogen-bond acceptors (Lipinski definition) is 3. The first-order valence-electron chi connectivity index (χ1n) is 5.90. The van der Waals surface area contributed by atoms with Gasteiger partial charge in [0.15, 0.2) is 5.84 Å². The number of nitrogens with zero attached hydrogens (tertiary/aromatic N) is 2. The van der Waals surface area contributed by atoms with Crippen LogP contribution in [0, 0.1) is 11.2 Å². The summed E-state index contributed by atoms with van der Waals surface area (Å²) in [6.45, 7) is 5.32. The summed E-state index contributed by atoms with van der Waals surface area (Å²) in [5, 5.41) is 11.6. The Bertz CT molecular complexity index is 483. The Kier molecular flexibility index (Phi) is 4.47. The molecular formula is C13H18FN3O2. The minimum Gasteiger partial charge on any atom is -0.409 e. The molecule has 0 radical (unpaired) electrons. The number of rotatable bonds is 4. The minimum atomic E-state index is -1.14. The van der Waals surface area contributed by atoms with E-state index in [9.17, 15) is 9.18 Å². The van der Waals surface area contributed by atoms with Gasteiger partial charge in [-0.1, -0.05) is 5.16 Å². The first kappa shape index (κ1) is 14.9. The lowest BCUT2D eigenvalue weighted by Crippen LogP contribution is -2.48. The maximum absolute atomic E-state index is 12.9. The number of amidine groups is 1. The highest BCUT2D eigenvalue weighted by Gasteiger charge is 2.36. The van der Waals surface area contributed by atoms with Gasteiger partial charge < -0.3 is 15.8 Å². The van der Waals surface area contributed by atoms with E-state index in [1.807, 2.05) is 0 Å². The Labute approximate surface area is 111 Å². The van der Waals surface area contributed by atoms with Crippen LogP contribution in [0.25, 0.3) is 0 Å². The molecule has 0 atom stereocenters. The Morgan fingerprint density at radius 2 is 1.95 bits per heavy atom. The zero-order valence-electron chi connectivity index (χ0n) is 11.2. The summed E-state index contributed by atoms with van der Waals surface area (Å²) in [7, 11) is 0. The number of carbonyl (C=O) groups excluding carboxylic acids is 1. The number of nitrogens with two attached hydrogens (primary N) is 1. The number of halogens is 1. The van der Waals surface area contributed by atoms with Crippen molar-refractivity contribution in [1.82, 2.24) is 0 Å². The van der Waals surface area contributed by atoms with Crippen LogP contribution in [0.3, 0.4) is 0 Å². The van der Waals surface area contributed by atoms with Crippen LogP contribution >= 0.6 is 0 Å². The van der Waals surface area contributed by atoms with Crippen LogP contribution < -0.4 is 10.6 Å². The molecule has 0 unspecified atom stereocenters. The smallest absolute Gasteiger partial charge is 0.240 e. The number of hydrogen-bond donors (Lipinski definition) is 2. The van der Waals surface area contributed by atoms with Crippen molar-refractivity contribution < 1.29 is 14.4 Å². The second kappa shape index (κ2) is 5.69. The van der Waals surface area contributed by atoms with Crippen LogP contribution in [0.2, 0.25) is 0 Å². The van der Waals surface area contributed by atoms with Gasteiger partial charge in [-0.2, -0.15) is 0 Å². The zero-order valence-corrected chi connectivity index (χ0v) is 11.2. The lowest BCUT2D eigenvalue weighted by Gasteiger charge is -2.30. The van der Waals surface area contributed by atoms with Gasteiger partial charge in [-0.3, -0.25) is 4.79 Å². The van der Waals surface area contributed by atoms with Crippen LogP contribution in [0.4, 0.5) is 10.1 Å². The molecule has 0 aliphatic carbocycles. The fourth-order valence-corrected chi connectivity index (χ4v) is 1.64. The van der Waals surface area contributed by atoms with Crippen molar-refractivity contribution in [2.75, 3.05) is 11.4 Å². The molecule has 0 saturated heterocycles. The average molecular weight is 267 g/mol. The maximum Gasteiger partial charge on any atom is 0.240 e. The molecule has 0 bridgehead atoms. The fraction of sp³-hybridized carbons (Fsp3) is 0.385. The van der Waals surface area contributed by atoms with Gasteiger partial charge in [0.25, 0.3) is 0 Å². The van der Waals surface area contributed by atoms with Crippen molar-refractivity contribution in [3.63, 3.8) is 0 Å². The standard InChI is InChI=1S/C13H18FN3O2/c1-4-17(10-7-5-9(14)6-8-10)12(18)13(2,3)11(15)16-19/h5-8,19H,4H2,1-3H3,(H2,15,16). The molecule has 0 aromatic heterocycles. The maximum atomic E-state index is 12.9. The first-order chi connectivity index (χ1) is 8.84. The van der Waals surface area contributed by atoms with Gasteiger partial charge in [-0.05, 0) is 45.0 Å². The SMILES string of the molecule is CCN(C(=O)C(C)(C)C(N)=NO)c1ccc(F)cc1. The summed E-state index contributed by atoms with van der Waals surface area (Å²) in [5.74, 6) is -0.863. The highest BCUT2D eigenvalue weighted by Crippen LogP contribution is 2.24. The van der Waals surface area contributed by atoms with E-state index in [4.69, 9.17) is 10.9 Å². The highest BCUT2D eigenvalue weighted by molar-refractivity contribution is 6.12. The Morgan fingerprint density at radius 1 is 1.42 bits per heavy atom. The lowest BCUT2D eigenvalue weighted by atomic mass is 9.90. The van der Waals surface area contributed by atoms with E-state index in [1.165, 1.54) is 29.2 Å². The van der Waals surface area contributed by atoms with Crippen molar-refractivity contribution in [3.05, 3.63) is 30.1 Å². The molecule has 3 N–H and O–H groups in total. The average Bonchev–Trinajstić information content (AvgIpc) is 2.40. The Hall–Kier alpha value is -2.11. The van der Waals surface area contributed by atoms with Crippen LogP contribution in [0.1, 0.15) is 20.8 Å². The van der Waals surface area contributed by atoms with E-state index < -0.39 is 5.41 Å². The van der Waals surface area contributed by atoms with Gasteiger partial charge in [0.05, 0.1) is 0 Å². The van der Waals surface area contributed by atoms with E-state index in [2.05, 4.69) is 5.16 Å². The number of anilines is 1. The molecule has 5 nitrogen and oxygen atoms in total. The summed E-state index contributed by atoms with van der Waals surface area (Å²) in [6, 6.07) is 5.59. The first-order valence-corrected chi connectivity index (χ1v) is 5.90. The van der Waals surface area contributed by atoms with E-state index >= 15 is 0 Å². The lowest BCUT2D eigenvalue weighted by molar-refractivity contribution is -0.123. The zero-order chi connectivity index (χ0) is 14.6. The molecule has 104 valence electrons. The molecular weight excluding hydrogens is 249 g/mol. The third-order valence-electron chi connectivity index (χ3n) is 2.98. The normalized spacial score (nSPS) is 12.3. The summed E-state index contributed by atoms with van der Waals surface area (Å²) in [5.41, 5.74) is 4.96. The van der Waals surface area contributed by atoms with Crippen molar-refractivity contribution in [2.24, 2.45) is 16.3 Å². The summed E-state index contributed by atoms with van der Waals surface area (Å²) in [4.78, 5) is 13.9. The monoisotopic (exact) mass is 267 g/mol. The molecule has 0 saturated carbocycles. The van der Waals surface area contributed by atoms with Gasteiger partial charge >= 0.3 is 0 Å².